The zero-order chi connectivity index (χ0) is 25.0. The molecule has 2 N–H and O–H groups in total. The van der Waals surface area contributed by atoms with E-state index < -0.39 is 28.9 Å². The Morgan fingerprint density at radius 1 is 1.29 bits per heavy atom. The van der Waals surface area contributed by atoms with Gasteiger partial charge >= 0.3 is 6.18 Å². The lowest BCUT2D eigenvalue weighted by atomic mass is 9.70. The number of alkyl halides is 3. The fraction of sp³-hybridized carbons (Fsp3) is 0.750. The van der Waals surface area contributed by atoms with Crippen LogP contribution in [0, 0.1) is 5.41 Å². The minimum atomic E-state index is -4.53. The van der Waals surface area contributed by atoms with Crippen LogP contribution in [0.25, 0.3) is 0 Å². The number of rotatable bonds is 4. The lowest BCUT2D eigenvalue weighted by molar-refractivity contribution is -0.141. The van der Waals surface area contributed by atoms with Gasteiger partial charge in [-0.05, 0) is 44.7 Å². The Bertz CT molecular complexity index is 961. The van der Waals surface area contributed by atoms with E-state index in [1.165, 1.54) is 6.07 Å². The molecule has 1 aliphatic carbocycles. The molecule has 1 saturated carbocycles. The average molecular weight is 499 g/mol. The van der Waals surface area contributed by atoms with E-state index in [4.69, 9.17) is 9.47 Å². The number of halogens is 3. The Morgan fingerprint density at radius 3 is 2.83 bits per heavy atom. The van der Waals surface area contributed by atoms with Gasteiger partial charge in [-0.15, -0.1) is 0 Å². The Kier molecular flexibility index (Phi) is 6.26. The lowest BCUT2D eigenvalue weighted by Crippen LogP contribution is -2.58. The molecule has 194 valence electrons. The molecule has 1 aromatic heterocycles. The summed E-state index contributed by atoms with van der Waals surface area (Å²) in [4.78, 5) is 21.0. The number of ether oxygens (including phenoxy) is 2. The van der Waals surface area contributed by atoms with Gasteiger partial charge in [-0.2, -0.15) is 13.2 Å². The van der Waals surface area contributed by atoms with E-state index in [1.54, 1.807) is 29.9 Å². The molecule has 5 rings (SSSR count). The number of hydrogen-bond acceptors (Lipinski definition) is 7. The number of carbonyl (C=O) groups excluding carboxylic acids is 1. The smallest absolute Gasteiger partial charge is 0.387 e. The van der Waals surface area contributed by atoms with Gasteiger partial charge in [-0.3, -0.25) is 4.79 Å². The van der Waals surface area contributed by atoms with Crippen LogP contribution in [0.5, 0.6) is 0 Å². The zero-order valence-electron chi connectivity index (χ0n) is 20.1. The number of aromatic nitrogens is 1. The van der Waals surface area contributed by atoms with E-state index in [1.807, 2.05) is 0 Å². The predicted octanol–water partition coefficient (Wildman–Crippen LogP) is 1.81. The molecule has 11 heteroatoms. The van der Waals surface area contributed by atoms with Crippen molar-refractivity contribution in [2.45, 2.75) is 68.6 Å². The SMILES string of the molecule is COC1COCCC1N[C@@H]1CC[C@@]2(C1)C(=O)N1CCN(c3cccc(C(F)(F)F)n3)CC1C2(C)O. The fourth-order valence-corrected chi connectivity index (χ4v) is 6.56. The number of methoxy groups -OCH3 is 1. The van der Waals surface area contributed by atoms with E-state index >= 15 is 0 Å². The van der Waals surface area contributed by atoms with Gasteiger partial charge < -0.3 is 29.7 Å². The highest BCUT2D eigenvalue weighted by molar-refractivity contribution is 5.88. The van der Waals surface area contributed by atoms with Crippen LogP contribution >= 0.6 is 0 Å². The molecule has 6 atom stereocenters. The van der Waals surface area contributed by atoms with Crippen LogP contribution in [0.3, 0.4) is 0 Å². The third-order valence-corrected chi connectivity index (χ3v) is 8.59. The fourth-order valence-electron chi connectivity index (χ4n) is 6.56. The molecule has 0 radical (unpaired) electrons. The Hall–Kier alpha value is -1.95. The highest BCUT2D eigenvalue weighted by Gasteiger charge is 2.68. The first-order valence-corrected chi connectivity index (χ1v) is 12.3. The molecule has 3 saturated heterocycles. The molecule has 4 heterocycles. The number of pyridine rings is 1. The Balaban J connectivity index is 1.33. The largest absolute Gasteiger partial charge is 0.433 e. The summed E-state index contributed by atoms with van der Waals surface area (Å²) >= 11 is 0. The quantitative estimate of drug-likeness (QED) is 0.655. The molecular formula is C24H33F3N4O4. The average Bonchev–Trinajstić information content (AvgIpc) is 3.34. The van der Waals surface area contributed by atoms with Crippen molar-refractivity contribution in [3.63, 3.8) is 0 Å². The molecule has 1 spiro atoms. The predicted molar refractivity (Wildman–Crippen MR) is 121 cm³/mol. The van der Waals surface area contributed by atoms with E-state index in [9.17, 15) is 23.1 Å². The van der Waals surface area contributed by atoms with Crippen molar-refractivity contribution in [2.24, 2.45) is 5.41 Å². The summed E-state index contributed by atoms with van der Waals surface area (Å²) < 4.78 is 50.6. The molecule has 1 amide bonds. The molecule has 1 aromatic rings. The summed E-state index contributed by atoms with van der Waals surface area (Å²) in [5.41, 5.74) is -3.19. The second kappa shape index (κ2) is 8.86. The summed E-state index contributed by atoms with van der Waals surface area (Å²) in [5.74, 6) is 0.156. The van der Waals surface area contributed by atoms with Gasteiger partial charge in [0.2, 0.25) is 5.91 Å². The van der Waals surface area contributed by atoms with Crippen LogP contribution in [-0.2, 0) is 20.4 Å². The monoisotopic (exact) mass is 498 g/mol. The maximum absolute atomic E-state index is 13.7. The molecule has 4 fully saturated rings. The Morgan fingerprint density at radius 2 is 2.09 bits per heavy atom. The summed E-state index contributed by atoms with van der Waals surface area (Å²) in [7, 11) is 1.67. The number of aliphatic hydroxyl groups is 1. The van der Waals surface area contributed by atoms with Crippen molar-refractivity contribution in [3.8, 4) is 0 Å². The summed E-state index contributed by atoms with van der Waals surface area (Å²) in [6.07, 6.45) is -1.93. The highest BCUT2D eigenvalue weighted by atomic mass is 19.4. The summed E-state index contributed by atoms with van der Waals surface area (Å²) in [6, 6.07) is 3.50. The maximum Gasteiger partial charge on any atom is 0.433 e. The van der Waals surface area contributed by atoms with Crippen molar-refractivity contribution >= 4 is 11.7 Å². The van der Waals surface area contributed by atoms with E-state index in [2.05, 4.69) is 10.3 Å². The van der Waals surface area contributed by atoms with Crippen molar-refractivity contribution in [1.82, 2.24) is 15.2 Å². The van der Waals surface area contributed by atoms with Crippen LogP contribution in [0.15, 0.2) is 18.2 Å². The van der Waals surface area contributed by atoms with E-state index in [0.29, 0.717) is 39.1 Å². The summed E-state index contributed by atoms with van der Waals surface area (Å²) in [5, 5.41) is 15.5. The third-order valence-electron chi connectivity index (χ3n) is 8.59. The third kappa shape index (κ3) is 4.10. The van der Waals surface area contributed by atoms with Crippen LogP contribution in [0.4, 0.5) is 19.0 Å². The number of nitrogens with zero attached hydrogens (tertiary/aromatic N) is 3. The zero-order valence-corrected chi connectivity index (χ0v) is 20.1. The minimum absolute atomic E-state index is 0.0521. The standard InChI is InChI=1S/C24H33F3N4O4/c1-22(33)19-13-30(20-5-3-4-18(29-20)24(25,26)27)9-10-31(19)21(32)23(22)8-6-15(12-23)28-16-7-11-35-14-17(16)34-2/h3-5,15-17,19,28,33H,6-14H2,1-2H3/t15-,16?,17?,19?,22?,23-/m1/s1. The topological polar surface area (TPSA) is 87.2 Å². The Labute approximate surface area is 202 Å². The van der Waals surface area contributed by atoms with Crippen molar-refractivity contribution in [1.29, 1.82) is 0 Å². The van der Waals surface area contributed by atoms with Crippen molar-refractivity contribution < 1.29 is 32.5 Å². The lowest BCUT2D eigenvalue weighted by Gasteiger charge is -2.43. The number of hydrogen-bond donors (Lipinski definition) is 2. The van der Waals surface area contributed by atoms with Gasteiger partial charge in [0.25, 0.3) is 0 Å². The number of carbonyl (C=O) groups is 1. The molecule has 3 aliphatic heterocycles. The second-order valence-corrected chi connectivity index (χ2v) is 10.4. The normalized spacial score (nSPS) is 37.8. The van der Waals surface area contributed by atoms with Gasteiger partial charge in [-0.25, -0.2) is 4.98 Å². The number of nitrogens with one attached hydrogen (secondary N) is 1. The van der Waals surface area contributed by atoms with Gasteiger partial charge in [-0.1, -0.05) is 6.07 Å². The maximum atomic E-state index is 13.7. The highest BCUT2D eigenvalue weighted by Crippen LogP contribution is 2.55. The number of piperazine rings is 1. The first-order valence-electron chi connectivity index (χ1n) is 12.3. The summed E-state index contributed by atoms with van der Waals surface area (Å²) in [6.45, 7) is 3.83. The van der Waals surface area contributed by atoms with Gasteiger partial charge in [0.15, 0.2) is 0 Å². The van der Waals surface area contributed by atoms with Gasteiger partial charge in [0.1, 0.15) is 11.5 Å². The number of amides is 1. The molecule has 0 aromatic carbocycles. The molecule has 0 bridgehead atoms. The molecule has 4 aliphatic rings. The first-order chi connectivity index (χ1) is 16.6. The molecule has 4 unspecified atom stereocenters. The van der Waals surface area contributed by atoms with Crippen LogP contribution in [0.2, 0.25) is 0 Å². The van der Waals surface area contributed by atoms with Crippen molar-refractivity contribution in [3.05, 3.63) is 23.9 Å². The minimum Gasteiger partial charge on any atom is -0.387 e. The molecule has 35 heavy (non-hydrogen) atoms. The van der Waals surface area contributed by atoms with Gasteiger partial charge in [0, 0.05) is 45.4 Å². The number of fused-ring (bicyclic) bond motifs is 1. The second-order valence-electron chi connectivity index (χ2n) is 10.4. The first kappa shape index (κ1) is 24.7. The van der Waals surface area contributed by atoms with Crippen LogP contribution < -0.4 is 10.2 Å². The van der Waals surface area contributed by atoms with Crippen LogP contribution in [-0.4, -0.2) is 90.7 Å². The van der Waals surface area contributed by atoms with Crippen molar-refractivity contribution in [2.75, 3.05) is 44.9 Å². The number of anilines is 1. The van der Waals surface area contributed by atoms with Crippen LogP contribution in [0.1, 0.15) is 38.3 Å². The molecule has 8 nitrogen and oxygen atoms in total. The van der Waals surface area contributed by atoms with E-state index in [-0.39, 0.29) is 36.5 Å². The molecular weight excluding hydrogens is 465 g/mol. The van der Waals surface area contributed by atoms with E-state index in [0.717, 1.165) is 18.9 Å². The van der Waals surface area contributed by atoms with Gasteiger partial charge in [0.05, 0.1) is 29.8 Å².